The summed E-state index contributed by atoms with van der Waals surface area (Å²) in [5.41, 5.74) is 3.05. The molecule has 8 nitrogen and oxygen atoms in total. The summed E-state index contributed by atoms with van der Waals surface area (Å²) in [6.45, 7) is 0.316. The Kier molecular flexibility index (Phi) is 7.11. The number of hydrogen-bond acceptors (Lipinski definition) is 7. The van der Waals surface area contributed by atoms with E-state index in [-0.39, 0.29) is 23.1 Å². The van der Waals surface area contributed by atoms with E-state index in [4.69, 9.17) is 12.2 Å². The van der Waals surface area contributed by atoms with Gasteiger partial charge in [-0.05, 0) is 30.9 Å². The van der Waals surface area contributed by atoms with Crippen molar-refractivity contribution in [3.8, 4) is 16.9 Å². The molecule has 0 radical (unpaired) electrons. The number of benzene rings is 2. The van der Waals surface area contributed by atoms with Crippen LogP contribution in [0.25, 0.3) is 16.9 Å². The molecule has 33 heavy (non-hydrogen) atoms. The molecule has 1 aromatic heterocycles. The lowest BCUT2D eigenvalue weighted by Gasteiger charge is -2.12. The SMILES string of the molecule is O=S1(=O)CCC(CC(=S)CN=Cc2cn(-c3ccccc3)nc2-c2cccc([NH+]([O-])O)c2)C1. The lowest BCUT2D eigenvalue weighted by molar-refractivity contribution is -0.991. The molecular formula is C23H24N4O4S2. The Balaban J connectivity index is 1.56. The average molecular weight is 485 g/mol. The molecule has 0 spiro atoms. The van der Waals surface area contributed by atoms with Crippen molar-refractivity contribution in [2.45, 2.75) is 12.8 Å². The first-order valence-electron chi connectivity index (χ1n) is 10.5. The fourth-order valence-electron chi connectivity index (χ4n) is 3.88. The third kappa shape index (κ3) is 5.98. The Morgan fingerprint density at radius 2 is 2.06 bits per heavy atom. The molecule has 1 saturated heterocycles. The standard InChI is InChI=1S/C23H24N4O4S2/c28-27(29)21-8-4-5-18(12-21)23-19(15-26(25-23)20-6-2-1-3-7-20)13-24-14-22(32)11-17-9-10-33(30,31)16-17/h1-8,12-13,15,17,27-28H,9-11,14,16H2. The van der Waals surface area contributed by atoms with Crippen molar-refractivity contribution in [1.82, 2.24) is 9.78 Å². The lowest BCUT2D eigenvalue weighted by atomic mass is 10.0. The number of sulfone groups is 1. The van der Waals surface area contributed by atoms with Gasteiger partial charge >= 0.3 is 0 Å². The normalized spacial score (nSPS) is 18.5. The van der Waals surface area contributed by atoms with Gasteiger partial charge in [-0.3, -0.25) is 4.99 Å². The van der Waals surface area contributed by atoms with E-state index in [1.807, 2.05) is 42.6 Å². The quantitative estimate of drug-likeness (QED) is 0.289. The van der Waals surface area contributed by atoms with Crippen molar-refractivity contribution in [3.05, 3.63) is 71.6 Å². The molecule has 0 bridgehead atoms. The van der Waals surface area contributed by atoms with Gasteiger partial charge in [-0.1, -0.05) is 42.5 Å². The topological polar surface area (TPSA) is 112 Å². The first kappa shape index (κ1) is 23.4. The smallest absolute Gasteiger partial charge is 0.164 e. The van der Waals surface area contributed by atoms with Crippen LogP contribution in [0.1, 0.15) is 18.4 Å². The van der Waals surface area contributed by atoms with Crippen molar-refractivity contribution in [2.24, 2.45) is 10.9 Å². The highest BCUT2D eigenvalue weighted by Crippen LogP contribution is 2.25. The molecule has 0 amide bonds. The Labute approximate surface area is 197 Å². The van der Waals surface area contributed by atoms with Gasteiger partial charge in [0.2, 0.25) is 0 Å². The minimum absolute atomic E-state index is 0.0767. The van der Waals surface area contributed by atoms with Gasteiger partial charge in [0.25, 0.3) is 0 Å². The number of nitrogens with one attached hydrogen (secondary N) is 1. The number of rotatable bonds is 8. The minimum atomic E-state index is -2.93. The van der Waals surface area contributed by atoms with Crippen molar-refractivity contribution in [2.75, 3.05) is 18.1 Å². The van der Waals surface area contributed by atoms with E-state index in [0.29, 0.717) is 30.6 Å². The first-order valence-corrected chi connectivity index (χ1v) is 12.7. The maximum absolute atomic E-state index is 11.7. The Bertz CT molecular complexity index is 1270. The predicted molar refractivity (Wildman–Crippen MR) is 131 cm³/mol. The zero-order valence-electron chi connectivity index (χ0n) is 17.8. The van der Waals surface area contributed by atoms with Crippen molar-refractivity contribution >= 4 is 38.8 Å². The summed E-state index contributed by atoms with van der Waals surface area (Å²) in [5, 5.41) is 24.5. The van der Waals surface area contributed by atoms with Crippen LogP contribution in [0.4, 0.5) is 5.69 Å². The number of nitrogens with zero attached hydrogens (tertiary/aromatic N) is 3. The number of hydrogen-bond donors (Lipinski definition) is 2. The molecule has 2 aromatic carbocycles. The number of aromatic nitrogens is 2. The molecule has 10 heteroatoms. The van der Waals surface area contributed by atoms with Gasteiger partial charge in [0.1, 0.15) is 5.69 Å². The van der Waals surface area contributed by atoms with Gasteiger partial charge in [-0.15, -0.1) is 0 Å². The van der Waals surface area contributed by atoms with E-state index in [2.05, 4.69) is 10.1 Å². The minimum Gasteiger partial charge on any atom is -0.595 e. The second kappa shape index (κ2) is 10.0. The van der Waals surface area contributed by atoms with Crippen LogP contribution in [0.2, 0.25) is 0 Å². The van der Waals surface area contributed by atoms with Crippen LogP contribution in [0.15, 0.2) is 65.8 Å². The molecule has 1 aliphatic rings. The van der Waals surface area contributed by atoms with Gasteiger partial charge in [0.05, 0.1) is 23.7 Å². The second-order valence-electron chi connectivity index (χ2n) is 8.08. The summed E-state index contributed by atoms with van der Waals surface area (Å²) in [5.74, 6) is 0.513. The first-order chi connectivity index (χ1) is 15.8. The third-order valence-electron chi connectivity index (χ3n) is 5.49. The number of quaternary nitrogens is 1. The molecule has 3 aromatic rings. The Morgan fingerprint density at radius 3 is 2.76 bits per heavy atom. The molecule has 1 fully saturated rings. The summed E-state index contributed by atoms with van der Waals surface area (Å²) in [6.07, 6.45) is 4.75. The van der Waals surface area contributed by atoms with Crippen LogP contribution in [-0.4, -0.2) is 52.5 Å². The van der Waals surface area contributed by atoms with Gasteiger partial charge < -0.3 is 5.21 Å². The van der Waals surface area contributed by atoms with Crippen LogP contribution < -0.4 is 5.23 Å². The predicted octanol–water partition coefficient (Wildman–Crippen LogP) is 2.56. The van der Waals surface area contributed by atoms with Gasteiger partial charge in [-0.2, -0.15) is 10.3 Å². The molecule has 172 valence electrons. The Hall–Kier alpha value is -2.76. The van der Waals surface area contributed by atoms with Crippen LogP contribution in [-0.2, 0) is 9.84 Å². The maximum Gasteiger partial charge on any atom is 0.164 e. The van der Waals surface area contributed by atoms with E-state index < -0.39 is 15.1 Å². The van der Waals surface area contributed by atoms with Gasteiger partial charge in [0.15, 0.2) is 15.5 Å². The molecule has 2 unspecified atom stereocenters. The summed E-state index contributed by atoms with van der Waals surface area (Å²) in [4.78, 5) is 5.21. The Morgan fingerprint density at radius 1 is 1.27 bits per heavy atom. The highest BCUT2D eigenvalue weighted by Gasteiger charge is 2.28. The monoisotopic (exact) mass is 484 g/mol. The van der Waals surface area contributed by atoms with Crippen molar-refractivity contribution in [3.63, 3.8) is 0 Å². The van der Waals surface area contributed by atoms with E-state index in [1.165, 1.54) is 6.07 Å². The summed E-state index contributed by atoms with van der Waals surface area (Å²) >= 11 is 5.44. The summed E-state index contributed by atoms with van der Waals surface area (Å²) in [7, 11) is -2.93. The molecule has 2 heterocycles. The molecule has 0 saturated carbocycles. The van der Waals surface area contributed by atoms with Crippen LogP contribution >= 0.6 is 12.2 Å². The van der Waals surface area contributed by atoms with Gasteiger partial charge in [-0.25, -0.2) is 18.3 Å². The molecular weight excluding hydrogens is 460 g/mol. The number of aliphatic imine (C=N–C) groups is 1. The average Bonchev–Trinajstić information content (AvgIpc) is 3.37. The fourth-order valence-corrected chi connectivity index (χ4v) is 6.06. The van der Waals surface area contributed by atoms with E-state index >= 15 is 0 Å². The second-order valence-corrected chi connectivity index (χ2v) is 10.9. The zero-order chi connectivity index (χ0) is 23.4. The van der Waals surface area contributed by atoms with E-state index in [0.717, 1.165) is 16.1 Å². The molecule has 1 aliphatic heterocycles. The molecule has 2 N–H and O–H groups in total. The number of para-hydroxylation sites is 1. The summed E-state index contributed by atoms with van der Waals surface area (Å²) < 4.78 is 25.0. The highest BCUT2D eigenvalue weighted by molar-refractivity contribution is 7.91. The maximum atomic E-state index is 11.7. The molecule has 4 rings (SSSR count). The van der Waals surface area contributed by atoms with Crippen LogP contribution in [0, 0.1) is 11.1 Å². The number of thiocarbonyl (C=S) groups is 1. The van der Waals surface area contributed by atoms with E-state index in [9.17, 15) is 18.8 Å². The highest BCUT2D eigenvalue weighted by atomic mass is 32.2. The fraction of sp³-hybridized carbons (Fsp3) is 0.261. The van der Waals surface area contributed by atoms with Crippen molar-refractivity contribution < 1.29 is 18.9 Å². The van der Waals surface area contributed by atoms with Crippen LogP contribution in [0.3, 0.4) is 0 Å². The molecule has 0 aliphatic carbocycles. The lowest BCUT2D eigenvalue weighted by Crippen LogP contribution is -2.99. The van der Waals surface area contributed by atoms with Gasteiger partial charge in [0, 0.05) is 40.5 Å². The largest absolute Gasteiger partial charge is 0.595 e. The van der Waals surface area contributed by atoms with E-state index in [1.54, 1.807) is 23.0 Å². The van der Waals surface area contributed by atoms with Crippen LogP contribution in [0.5, 0.6) is 0 Å². The summed E-state index contributed by atoms with van der Waals surface area (Å²) in [6, 6.07) is 16.2. The molecule has 2 atom stereocenters. The van der Waals surface area contributed by atoms with Crippen molar-refractivity contribution in [1.29, 1.82) is 0 Å². The zero-order valence-corrected chi connectivity index (χ0v) is 19.4. The third-order valence-corrected chi connectivity index (χ3v) is 7.62.